The molecular formula is C16H24N2O2. The van der Waals surface area contributed by atoms with E-state index < -0.39 is 5.97 Å². The molecule has 2 atom stereocenters. The Morgan fingerprint density at radius 3 is 2.80 bits per heavy atom. The zero-order valence-electron chi connectivity index (χ0n) is 12.4. The summed E-state index contributed by atoms with van der Waals surface area (Å²) < 4.78 is 0. The standard InChI is InChI=1S/C16H24N2O2/c1-12-7-6-8-13(17-12)11-18(2)15-10-5-3-4-9-14(15)16(19)20/h6-8,14-15H,3-5,9-11H2,1-2H3,(H,19,20). The Kier molecular flexibility index (Phi) is 5.12. The first kappa shape index (κ1) is 15.0. The van der Waals surface area contributed by atoms with Gasteiger partial charge in [-0.25, -0.2) is 0 Å². The molecule has 4 heteroatoms. The Morgan fingerprint density at radius 1 is 1.35 bits per heavy atom. The minimum Gasteiger partial charge on any atom is -0.481 e. The summed E-state index contributed by atoms with van der Waals surface area (Å²) in [5, 5.41) is 9.45. The first-order valence-corrected chi connectivity index (χ1v) is 7.43. The molecule has 110 valence electrons. The van der Waals surface area contributed by atoms with Crippen LogP contribution in [-0.2, 0) is 11.3 Å². The van der Waals surface area contributed by atoms with Gasteiger partial charge in [0.1, 0.15) is 0 Å². The molecule has 1 aromatic heterocycles. The molecule has 1 aliphatic rings. The van der Waals surface area contributed by atoms with Gasteiger partial charge in [0.25, 0.3) is 0 Å². The SMILES string of the molecule is Cc1cccc(CN(C)C2CCCCCC2C(=O)O)n1. The molecule has 1 fully saturated rings. The van der Waals surface area contributed by atoms with E-state index in [4.69, 9.17) is 0 Å². The van der Waals surface area contributed by atoms with Crippen LogP contribution in [0.15, 0.2) is 18.2 Å². The Labute approximate surface area is 120 Å². The highest BCUT2D eigenvalue weighted by molar-refractivity contribution is 5.70. The first-order valence-electron chi connectivity index (χ1n) is 7.43. The monoisotopic (exact) mass is 276 g/mol. The molecule has 2 unspecified atom stereocenters. The van der Waals surface area contributed by atoms with Crippen LogP contribution >= 0.6 is 0 Å². The Bertz CT molecular complexity index is 462. The minimum absolute atomic E-state index is 0.123. The maximum Gasteiger partial charge on any atom is 0.308 e. The number of nitrogens with zero attached hydrogens (tertiary/aromatic N) is 2. The predicted molar refractivity (Wildman–Crippen MR) is 78.4 cm³/mol. The van der Waals surface area contributed by atoms with Crippen LogP contribution < -0.4 is 0 Å². The van der Waals surface area contributed by atoms with Crippen LogP contribution in [0.1, 0.15) is 43.5 Å². The van der Waals surface area contributed by atoms with Crippen LogP contribution in [0.5, 0.6) is 0 Å². The molecule has 1 N–H and O–H groups in total. The molecule has 1 saturated carbocycles. The molecule has 4 nitrogen and oxygen atoms in total. The molecule has 0 saturated heterocycles. The number of aliphatic carboxylic acids is 1. The third-order valence-electron chi connectivity index (χ3n) is 4.22. The Morgan fingerprint density at radius 2 is 2.10 bits per heavy atom. The van der Waals surface area contributed by atoms with Crippen molar-refractivity contribution < 1.29 is 9.90 Å². The van der Waals surface area contributed by atoms with Gasteiger partial charge >= 0.3 is 5.97 Å². The minimum atomic E-state index is -0.652. The number of aromatic nitrogens is 1. The van der Waals surface area contributed by atoms with Gasteiger partial charge < -0.3 is 5.11 Å². The highest BCUT2D eigenvalue weighted by atomic mass is 16.4. The summed E-state index contributed by atoms with van der Waals surface area (Å²) >= 11 is 0. The molecule has 1 heterocycles. The summed E-state index contributed by atoms with van der Waals surface area (Å²) in [5.74, 6) is -0.895. The van der Waals surface area contributed by atoms with E-state index in [2.05, 4.69) is 9.88 Å². The molecule has 1 aliphatic carbocycles. The largest absolute Gasteiger partial charge is 0.481 e. The number of aryl methyl sites for hydroxylation is 1. The first-order chi connectivity index (χ1) is 9.58. The number of pyridine rings is 1. The second kappa shape index (κ2) is 6.84. The fourth-order valence-corrected chi connectivity index (χ4v) is 3.16. The zero-order valence-corrected chi connectivity index (χ0v) is 12.4. The lowest BCUT2D eigenvalue weighted by atomic mass is 9.93. The van der Waals surface area contributed by atoms with E-state index >= 15 is 0 Å². The molecule has 2 rings (SSSR count). The van der Waals surface area contributed by atoms with E-state index in [9.17, 15) is 9.90 Å². The normalized spacial score (nSPS) is 23.6. The summed E-state index contributed by atoms with van der Waals surface area (Å²) in [6, 6.07) is 6.12. The van der Waals surface area contributed by atoms with Gasteiger partial charge in [-0.1, -0.05) is 25.3 Å². The maximum absolute atomic E-state index is 11.5. The fraction of sp³-hybridized carbons (Fsp3) is 0.625. The average molecular weight is 276 g/mol. The van der Waals surface area contributed by atoms with Gasteiger partial charge in [0.2, 0.25) is 0 Å². The van der Waals surface area contributed by atoms with E-state index in [1.807, 2.05) is 32.2 Å². The number of hydrogen-bond acceptors (Lipinski definition) is 3. The maximum atomic E-state index is 11.5. The molecule has 0 radical (unpaired) electrons. The lowest BCUT2D eigenvalue weighted by Gasteiger charge is -2.31. The molecule has 20 heavy (non-hydrogen) atoms. The topological polar surface area (TPSA) is 53.4 Å². The van der Waals surface area contributed by atoms with Crippen molar-refractivity contribution in [2.24, 2.45) is 5.92 Å². The number of rotatable bonds is 4. The summed E-state index contributed by atoms with van der Waals surface area (Å²) in [7, 11) is 2.02. The van der Waals surface area contributed by atoms with Crippen molar-refractivity contribution in [2.45, 2.75) is 51.6 Å². The molecule has 0 spiro atoms. The molecule has 0 aromatic carbocycles. The summed E-state index contributed by atoms with van der Waals surface area (Å²) in [4.78, 5) is 18.2. The second-order valence-electron chi connectivity index (χ2n) is 5.84. The van der Waals surface area contributed by atoms with E-state index in [-0.39, 0.29) is 12.0 Å². The third-order valence-corrected chi connectivity index (χ3v) is 4.22. The van der Waals surface area contributed by atoms with Crippen LogP contribution in [0.3, 0.4) is 0 Å². The van der Waals surface area contributed by atoms with Gasteiger partial charge in [-0.05, 0) is 38.9 Å². The highest BCUT2D eigenvalue weighted by Gasteiger charge is 2.32. The van der Waals surface area contributed by atoms with Crippen molar-refractivity contribution in [3.8, 4) is 0 Å². The zero-order chi connectivity index (χ0) is 14.5. The second-order valence-corrected chi connectivity index (χ2v) is 5.84. The van der Waals surface area contributed by atoms with E-state index in [0.29, 0.717) is 0 Å². The third kappa shape index (κ3) is 3.79. The van der Waals surface area contributed by atoms with Crippen molar-refractivity contribution in [1.29, 1.82) is 0 Å². The van der Waals surface area contributed by atoms with Gasteiger partial charge in [0.15, 0.2) is 0 Å². The Balaban J connectivity index is 2.08. The van der Waals surface area contributed by atoms with Crippen molar-refractivity contribution >= 4 is 5.97 Å². The summed E-state index contributed by atoms with van der Waals surface area (Å²) in [6.07, 6.45) is 5.08. The van der Waals surface area contributed by atoms with E-state index in [1.54, 1.807) is 0 Å². The molecule has 0 aliphatic heterocycles. The smallest absolute Gasteiger partial charge is 0.308 e. The van der Waals surface area contributed by atoms with Crippen molar-refractivity contribution in [2.75, 3.05) is 7.05 Å². The van der Waals surface area contributed by atoms with Crippen molar-refractivity contribution in [1.82, 2.24) is 9.88 Å². The predicted octanol–water partition coefficient (Wildman–Crippen LogP) is 2.86. The van der Waals surface area contributed by atoms with E-state index in [1.165, 1.54) is 0 Å². The lowest BCUT2D eigenvalue weighted by molar-refractivity contribution is -0.144. The van der Waals surface area contributed by atoms with Crippen LogP contribution in [-0.4, -0.2) is 34.0 Å². The van der Waals surface area contributed by atoms with Gasteiger partial charge in [0, 0.05) is 18.3 Å². The Hall–Kier alpha value is -1.42. The molecule has 0 amide bonds. The molecule has 1 aromatic rings. The van der Waals surface area contributed by atoms with Gasteiger partial charge in [-0.2, -0.15) is 0 Å². The van der Waals surface area contributed by atoms with Crippen molar-refractivity contribution in [3.63, 3.8) is 0 Å². The van der Waals surface area contributed by atoms with Crippen LogP contribution in [0, 0.1) is 12.8 Å². The van der Waals surface area contributed by atoms with Crippen molar-refractivity contribution in [3.05, 3.63) is 29.6 Å². The average Bonchev–Trinajstić information content (AvgIpc) is 2.64. The quantitative estimate of drug-likeness (QED) is 0.859. The number of carboxylic acids is 1. The summed E-state index contributed by atoms with van der Waals surface area (Å²) in [6.45, 7) is 2.70. The molecular weight excluding hydrogens is 252 g/mol. The lowest BCUT2D eigenvalue weighted by Crippen LogP contribution is -2.40. The fourth-order valence-electron chi connectivity index (χ4n) is 3.16. The van der Waals surface area contributed by atoms with Gasteiger partial charge in [-0.15, -0.1) is 0 Å². The van der Waals surface area contributed by atoms with Crippen LogP contribution in [0.2, 0.25) is 0 Å². The highest BCUT2D eigenvalue weighted by Crippen LogP contribution is 2.27. The number of carboxylic acid groups (broad SMARTS) is 1. The molecule has 0 bridgehead atoms. The van der Waals surface area contributed by atoms with Gasteiger partial charge in [-0.3, -0.25) is 14.7 Å². The van der Waals surface area contributed by atoms with Gasteiger partial charge in [0.05, 0.1) is 11.6 Å². The van der Waals surface area contributed by atoms with Crippen LogP contribution in [0.25, 0.3) is 0 Å². The summed E-state index contributed by atoms with van der Waals surface area (Å²) in [5.41, 5.74) is 2.02. The number of hydrogen-bond donors (Lipinski definition) is 1. The van der Waals surface area contributed by atoms with E-state index in [0.717, 1.165) is 50.0 Å². The number of carbonyl (C=O) groups is 1. The van der Waals surface area contributed by atoms with Crippen LogP contribution in [0.4, 0.5) is 0 Å².